The fraction of sp³-hybridized carbons (Fsp3) is 0.651. The molecule has 0 aliphatic rings. The third-order valence-electron chi connectivity index (χ3n) is 11.9. The monoisotopic (exact) mass is 1040 g/mol. The largest absolute Gasteiger partial charge is 0.472 e. The number of carbonyl (C=O) groups is 2. The maximum Gasteiger partial charge on any atom is 0.472 e. The summed E-state index contributed by atoms with van der Waals surface area (Å²) < 4.78 is 33.0. The van der Waals surface area contributed by atoms with E-state index in [4.69, 9.17) is 24.3 Å². The third kappa shape index (κ3) is 57.5. The van der Waals surface area contributed by atoms with E-state index in [-0.39, 0.29) is 38.6 Å². The Labute approximate surface area is 447 Å². The van der Waals surface area contributed by atoms with Gasteiger partial charge in [0.1, 0.15) is 6.61 Å². The van der Waals surface area contributed by atoms with Crippen LogP contribution in [0.4, 0.5) is 0 Å². The van der Waals surface area contributed by atoms with E-state index in [1.807, 2.05) is 0 Å². The highest BCUT2D eigenvalue weighted by Gasteiger charge is 2.26. The zero-order valence-corrected chi connectivity index (χ0v) is 47.2. The summed E-state index contributed by atoms with van der Waals surface area (Å²) in [4.78, 5) is 35.1. The van der Waals surface area contributed by atoms with Crippen LogP contribution in [-0.2, 0) is 32.7 Å². The molecule has 0 aromatic carbocycles. The molecular formula is C63H106NO8P. The van der Waals surface area contributed by atoms with Gasteiger partial charge in [0.2, 0.25) is 0 Å². The van der Waals surface area contributed by atoms with Crippen molar-refractivity contribution in [1.82, 2.24) is 0 Å². The molecule has 2 unspecified atom stereocenters. The molecule has 0 aromatic heterocycles. The molecule has 10 heteroatoms. The minimum absolute atomic E-state index is 0.0439. The number of unbranched alkanes of at least 4 members (excludes halogenated alkanes) is 20. The maximum absolute atomic E-state index is 12.7. The molecule has 0 saturated heterocycles. The molecule has 2 atom stereocenters. The first-order chi connectivity index (χ1) is 35.8. The van der Waals surface area contributed by atoms with Gasteiger partial charge in [0.15, 0.2) is 6.10 Å². The van der Waals surface area contributed by atoms with Gasteiger partial charge in [-0.3, -0.25) is 18.6 Å². The zero-order valence-electron chi connectivity index (χ0n) is 46.3. The third-order valence-corrected chi connectivity index (χ3v) is 12.8. The predicted molar refractivity (Wildman–Crippen MR) is 311 cm³/mol. The number of rotatable bonds is 53. The van der Waals surface area contributed by atoms with Crippen LogP contribution in [0.5, 0.6) is 0 Å². The lowest BCUT2D eigenvalue weighted by atomic mass is 10.0. The van der Waals surface area contributed by atoms with Gasteiger partial charge in [0, 0.05) is 19.4 Å². The van der Waals surface area contributed by atoms with E-state index in [1.165, 1.54) is 89.9 Å². The number of phosphoric acid groups is 1. The zero-order chi connectivity index (χ0) is 53.1. The van der Waals surface area contributed by atoms with E-state index >= 15 is 0 Å². The van der Waals surface area contributed by atoms with E-state index in [1.54, 1.807) is 0 Å². The number of ether oxygens (including phenoxy) is 2. The van der Waals surface area contributed by atoms with Gasteiger partial charge < -0.3 is 20.1 Å². The lowest BCUT2D eigenvalue weighted by molar-refractivity contribution is -0.161. The van der Waals surface area contributed by atoms with Crippen molar-refractivity contribution in [2.75, 3.05) is 26.4 Å². The van der Waals surface area contributed by atoms with Crippen LogP contribution in [0.15, 0.2) is 122 Å². The fourth-order valence-electron chi connectivity index (χ4n) is 7.60. The van der Waals surface area contributed by atoms with Gasteiger partial charge in [-0.15, -0.1) is 0 Å². The van der Waals surface area contributed by atoms with Crippen LogP contribution in [0.1, 0.15) is 232 Å². The van der Waals surface area contributed by atoms with Crippen molar-refractivity contribution in [2.24, 2.45) is 5.73 Å². The summed E-state index contributed by atoms with van der Waals surface area (Å²) in [5.41, 5.74) is 5.37. The van der Waals surface area contributed by atoms with E-state index in [9.17, 15) is 19.0 Å². The van der Waals surface area contributed by atoms with Crippen molar-refractivity contribution in [2.45, 2.75) is 238 Å². The standard InChI is InChI=1S/C63H106NO8P/c1-3-5-7-9-11-13-15-17-19-21-22-23-24-25-26-27-28-29-30-31-32-33-34-35-36-37-38-40-42-44-46-48-50-52-54-56-63(66)72-61(60-71-73(67,68)70-58-57-64)59-69-62(65)55-53-51-49-47-45-43-41-39-20-18-16-14-12-10-8-6-4-2/h5,7,11,13,17,19,22-23,25-26,28-29,31-32,34-35,37-38,42,44,61H,3-4,6,8-10,12,14-16,18,20-21,24,27,30,33,36,39-41,43,45-60,64H2,1-2H3,(H,67,68)/b7-5-,13-11-,19-17-,23-22-,26-25-,29-28-,32-31-,35-34-,38-37-,44-42-. The van der Waals surface area contributed by atoms with Crippen molar-refractivity contribution in [3.05, 3.63) is 122 Å². The van der Waals surface area contributed by atoms with Crippen LogP contribution in [-0.4, -0.2) is 49.3 Å². The molecule has 0 saturated carbocycles. The number of phosphoric ester groups is 1. The first-order valence-corrected chi connectivity index (χ1v) is 30.5. The van der Waals surface area contributed by atoms with Gasteiger partial charge >= 0.3 is 19.8 Å². The smallest absolute Gasteiger partial charge is 0.462 e. The minimum atomic E-state index is -4.40. The summed E-state index contributed by atoms with van der Waals surface area (Å²) >= 11 is 0. The molecule has 9 nitrogen and oxygen atoms in total. The summed E-state index contributed by atoms with van der Waals surface area (Å²) in [6.07, 6.45) is 79.6. The lowest BCUT2D eigenvalue weighted by Gasteiger charge is -2.19. The van der Waals surface area contributed by atoms with Crippen LogP contribution < -0.4 is 5.73 Å². The molecule has 0 amide bonds. The number of hydrogen-bond donors (Lipinski definition) is 2. The molecule has 3 N–H and O–H groups in total. The average Bonchev–Trinajstić information content (AvgIpc) is 3.38. The van der Waals surface area contributed by atoms with Crippen molar-refractivity contribution in [1.29, 1.82) is 0 Å². The quantitative estimate of drug-likeness (QED) is 0.0264. The van der Waals surface area contributed by atoms with Crippen molar-refractivity contribution >= 4 is 19.8 Å². The first kappa shape index (κ1) is 69.4. The second-order valence-electron chi connectivity index (χ2n) is 18.8. The summed E-state index contributed by atoms with van der Waals surface area (Å²) in [6.45, 7) is 3.60. The number of esters is 2. The summed E-state index contributed by atoms with van der Waals surface area (Å²) in [7, 11) is -4.40. The molecule has 0 spiro atoms. The Balaban J connectivity index is 4.08. The summed E-state index contributed by atoms with van der Waals surface area (Å²) in [5, 5.41) is 0. The van der Waals surface area contributed by atoms with Crippen LogP contribution in [0, 0.1) is 0 Å². The molecule has 0 aromatic rings. The minimum Gasteiger partial charge on any atom is -0.462 e. The Hall–Kier alpha value is -3.59. The first-order valence-electron chi connectivity index (χ1n) is 29.0. The Morgan fingerprint density at radius 1 is 0.425 bits per heavy atom. The van der Waals surface area contributed by atoms with Crippen LogP contribution >= 0.6 is 7.82 Å². The predicted octanol–water partition coefficient (Wildman–Crippen LogP) is 18.4. The van der Waals surface area contributed by atoms with Crippen molar-refractivity contribution in [3.63, 3.8) is 0 Å². The topological polar surface area (TPSA) is 134 Å². The van der Waals surface area contributed by atoms with Gasteiger partial charge in [-0.2, -0.15) is 0 Å². The second-order valence-corrected chi connectivity index (χ2v) is 20.2. The van der Waals surface area contributed by atoms with E-state index < -0.39 is 26.5 Å². The molecular weight excluding hydrogens is 930 g/mol. The normalized spacial score (nSPS) is 14.0. The molecule has 0 bridgehead atoms. The summed E-state index contributed by atoms with van der Waals surface area (Å²) in [6, 6.07) is 0. The summed E-state index contributed by atoms with van der Waals surface area (Å²) in [5.74, 6) is -0.859. The molecule has 73 heavy (non-hydrogen) atoms. The highest BCUT2D eigenvalue weighted by Crippen LogP contribution is 2.43. The number of nitrogens with two attached hydrogens (primary N) is 1. The lowest BCUT2D eigenvalue weighted by Crippen LogP contribution is -2.29. The van der Waals surface area contributed by atoms with Crippen LogP contribution in [0.2, 0.25) is 0 Å². The number of hydrogen-bond acceptors (Lipinski definition) is 8. The van der Waals surface area contributed by atoms with Gasteiger partial charge in [0.25, 0.3) is 0 Å². The molecule has 0 aliphatic heterocycles. The molecule has 0 fully saturated rings. The van der Waals surface area contributed by atoms with Gasteiger partial charge in [-0.05, 0) is 89.9 Å². The Morgan fingerprint density at radius 2 is 0.753 bits per heavy atom. The van der Waals surface area contributed by atoms with Gasteiger partial charge in [0.05, 0.1) is 13.2 Å². The fourth-order valence-corrected chi connectivity index (χ4v) is 8.37. The second kappa shape index (κ2) is 57.7. The maximum atomic E-state index is 12.7. The average molecular weight is 1040 g/mol. The Bertz CT molecular complexity index is 1600. The highest BCUT2D eigenvalue weighted by molar-refractivity contribution is 7.47. The van der Waals surface area contributed by atoms with Crippen LogP contribution in [0.3, 0.4) is 0 Å². The number of carbonyl (C=O) groups excluding carboxylic acids is 2. The SMILES string of the molecule is CC/C=C\C/C=C\C/C=C\C/C=C\C/C=C\C/C=C\C/C=C\C/C=C\C/C=C\C/C=C\CCCCCCC(=O)OC(COC(=O)CCCCCCCCCCCCCCCCCCC)COP(=O)(O)OCCN. The van der Waals surface area contributed by atoms with E-state index in [2.05, 4.69) is 135 Å². The van der Waals surface area contributed by atoms with E-state index in [0.717, 1.165) is 109 Å². The van der Waals surface area contributed by atoms with E-state index in [0.29, 0.717) is 6.42 Å². The molecule has 0 heterocycles. The molecule has 416 valence electrons. The molecule has 0 aliphatic carbocycles. The molecule has 0 radical (unpaired) electrons. The van der Waals surface area contributed by atoms with Crippen LogP contribution in [0.25, 0.3) is 0 Å². The Morgan fingerprint density at radius 3 is 1.12 bits per heavy atom. The highest BCUT2D eigenvalue weighted by atomic mass is 31.2. The van der Waals surface area contributed by atoms with Crippen molar-refractivity contribution < 1.29 is 37.6 Å². The van der Waals surface area contributed by atoms with Gasteiger partial charge in [-0.25, -0.2) is 4.57 Å². The Kier molecular flexibility index (Phi) is 54.8. The van der Waals surface area contributed by atoms with Gasteiger partial charge in [-0.1, -0.05) is 251 Å². The van der Waals surface area contributed by atoms with Crippen molar-refractivity contribution in [3.8, 4) is 0 Å². The number of allylic oxidation sites excluding steroid dienone is 20. The molecule has 0 rings (SSSR count).